The lowest BCUT2D eigenvalue weighted by Gasteiger charge is -2.38. The van der Waals surface area contributed by atoms with Gasteiger partial charge in [0.1, 0.15) is 19.9 Å². The average Bonchev–Trinajstić information content (AvgIpc) is 3.31. The van der Waals surface area contributed by atoms with Crippen LogP contribution in [0.4, 0.5) is 0 Å². The van der Waals surface area contributed by atoms with E-state index in [-0.39, 0.29) is 29.8 Å². The highest BCUT2D eigenvalue weighted by atomic mass is 16.2. The molecule has 3 aliphatic rings. The highest BCUT2D eigenvalue weighted by Gasteiger charge is 2.44. The van der Waals surface area contributed by atoms with Crippen molar-refractivity contribution in [3.63, 3.8) is 0 Å². The van der Waals surface area contributed by atoms with E-state index in [2.05, 4.69) is 10.6 Å². The molecule has 3 fully saturated rings. The van der Waals surface area contributed by atoms with Gasteiger partial charge in [0.25, 0.3) is 0 Å². The molecule has 3 amide bonds. The predicted octanol–water partition coefficient (Wildman–Crippen LogP) is 2.51. The number of nitrogens with zero attached hydrogens (tertiary/aromatic N) is 2. The van der Waals surface area contributed by atoms with Crippen molar-refractivity contribution in [2.24, 2.45) is 0 Å². The van der Waals surface area contributed by atoms with Gasteiger partial charge < -0.3 is 15.5 Å². The third kappa shape index (κ3) is 5.59. The first-order chi connectivity index (χ1) is 18.0. The van der Waals surface area contributed by atoms with Crippen LogP contribution in [-0.4, -0.2) is 72.5 Å². The van der Waals surface area contributed by atoms with Crippen LogP contribution in [0, 0.1) is 0 Å². The largest absolute Gasteiger partial charge is 0.344 e. The normalized spacial score (nSPS) is 24.9. The Morgan fingerprint density at radius 1 is 0.838 bits per heavy atom. The van der Waals surface area contributed by atoms with Gasteiger partial charge in [-0.2, -0.15) is 0 Å². The Hall–Kier alpha value is -3.13. The number of amides is 3. The summed E-state index contributed by atoms with van der Waals surface area (Å²) in [6.07, 6.45) is 5.70. The molecule has 4 atom stereocenters. The van der Waals surface area contributed by atoms with Crippen molar-refractivity contribution < 1.29 is 14.4 Å². The highest BCUT2D eigenvalue weighted by Crippen LogP contribution is 2.32. The Kier molecular flexibility index (Phi) is 7.94. The number of likely N-dealkylation sites (tertiary alicyclic amines) is 1. The quantitative estimate of drug-likeness (QED) is 0.575. The number of nitrogens with one attached hydrogen (secondary N) is 2. The molecule has 3 heterocycles. The van der Waals surface area contributed by atoms with Crippen molar-refractivity contribution in [2.45, 2.75) is 75.1 Å². The molecule has 2 aromatic rings. The number of carbonyl (C=O) groups is 3. The van der Waals surface area contributed by atoms with Gasteiger partial charge in [-0.05, 0) is 56.3 Å². The minimum absolute atomic E-state index is 0.0129. The monoisotopic (exact) mass is 498 g/mol. The summed E-state index contributed by atoms with van der Waals surface area (Å²) in [5, 5.41) is 6.16. The first kappa shape index (κ1) is 25.5. The summed E-state index contributed by atoms with van der Waals surface area (Å²) in [4.78, 5) is 44.1. The van der Waals surface area contributed by atoms with Gasteiger partial charge in [-0.15, -0.1) is 0 Å². The van der Waals surface area contributed by atoms with Crippen LogP contribution in [-0.2, 0) is 14.4 Å². The van der Waals surface area contributed by atoms with Gasteiger partial charge in [-0.3, -0.25) is 19.3 Å². The summed E-state index contributed by atoms with van der Waals surface area (Å²) in [5.74, 6) is -1.37. The third-order valence-corrected chi connectivity index (χ3v) is 8.06. The van der Waals surface area contributed by atoms with Crippen LogP contribution in [0.1, 0.15) is 62.1 Å². The number of benzene rings is 2. The summed E-state index contributed by atoms with van der Waals surface area (Å²) >= 11 is 0. The van der Waals surface area contributed by atoms with Crippen LogP contribution in [0.2, 0.25) is 0 Å². The van der Waals surface area contributed by atoms with Crippen molar-refractivity contribution in [1.29, 1.82) is 0 Å². The lowest BCUT2D eigenvalue weighted by molar-refractivity contribution is -0.144. The zero-order chi connectivity index (χ0) is 25.8. The maximum atomic E-state index is 13.8. The molecule has 2 N–H and O–H groups in total. The van der Waals surface area contributed by atoms with E-state index in [1.54, 1.807) is 4.90 Å². The molecule has 37 heavy (non-hydrogen) atoms. The van der Waals surface area contributed by atoms with E-state index in [1.165, 1.54) is 0 Å². The fourth-order valence-electron chi connectivity index (χ4n) is 5.85. The molecule has 192 valence electrons. The van der Waals surface area contributed by atoms with Gasteiger partial charge in [0.2, 0.25) is 17.7 Å². The molecular formula is C29H35BN4O3. The van der Waals surface area contributed by atoms with E-state index in [9.17, 15) is 14.4 Å². The van der Waals surface area contributed by atoms with E-state index in [0.717, 1.165) is 56.3 Å². The van der Waals surface area contributed by atoms with E-state index < -0.39 is 18.0 Å². The van der Waals surface area contributed by atoms with Gasteiger partial charge in [-0.1, -0.05) is 73.5 Å². The first-order valence-corrected chi connectivity index (χ1v) is 13.6. The third-order valence-electron chi connectivity index (χ3n) is 8.06. The predicted molar refractivity (Wildman–Crippen MR) is 143 cm³/mol. The van der Waals surface area contributed by atoms with Gasteiger partial charge in [0.15, 0.2) is 0 Å². The molecule has 7 nitrogen and oxygen atoms in total. The van der Waals surface area contributed by atoms with Crippen molar-refractivity contribution in [1.82, 2.24) is 20.4 Å². The fraction of sp³-hybridized carbons (Fsp3) is 0.483. The number of carbonyl (C=O) groups excluding carboxylic acids is 3. The Balaban J connectivity index is 1.34. The first-order valence-electron chi connectivity index (χ1n) is 13.6. The molecule has 2 radical (unpaired) electrons. The molecule has 0 bridgehead atoms. The van der Waals surface area contributed by atoms with Crippen molar-refractivity contribution in [3.8, 4) is 0 Å². The van der Waals surface area contributed by atoms with Crippen LogP contribution in [0.15, 0.2) is 60.7 Å². The second-order valence-electron chi connectivity index (χ2n) is 10.4. The summed E-state index contributed by atoms with van der Waals surface area (Å²) < 4.78 is 0. The number of fused-ring (bicyclic) bond motifs is 1. The second kappa shape index (κ2) is 11.5. The van der Waals surface area contributed by atoms with E-state index in [0.29, 0.717) is 12.8 Å². The molecule has 0 aromatic heterocycles. The molecule has 0 aliphatic carbocycles. The standard InChI is InChI=1S/C29H35BN4O3/c30-26(33-18-9-19-33)28(36)31-23-15-8-7-14-22-16-17-24(34(22)29(23)37)27(35)32-25(20-10-3-1-4-11-20)21-12-5-2-6-13-21/h1-6,10-13,22-26H,7-9,14-19H2,(H,31,36)(H,32,35)/t22-,23-,24-,26-/m0/s1. The van der Waals surface area contributed by atoms with Crippen molar-refractivity contribution in [3.05, 3.63) is 71.8 Å². The lowest BCUT2D eigenvalue weighted by atomic mass is 9.90. The Labute approximate surface area is 220 Å². The summed E-state index contributed by atoms with van der Waals surface area (Å²) in [5.41, 5.74) is 1.97. The summed E-state index contributed by atoms with van der Waals surface area (Å²) in [6, 6.07) is 18.2. The maximum absolute atomic E-state index is 13.8. The zero-order valence-electron chi connectivity index (χ0n) is 21.2. The number of hydrogen-bond acceptors (Lipinski definition) is 4. The Morgan fingerprint density at radius 2 is 1.46 bits per heavy atom. The summed E-state index contributed by atoms with van der Waals surface area (Å²) in [6.45, 7) is 1.60. The summed E-state index contributed by atoms with van der Waals surface area (Å²) in [7, 11) is 6.13. The SMILES string of the molecule is [B][C@H](C(=O)N[C@H]1CCCC[C@H]2CC[C@@H](C(=O)NC(c3ccccc3)c3ccccc3)N2C1=O)N1CCC1. The van der Waals surface area contributed by atoms with Crippen molar-refractivity contribution >= 4 is 25.6 Å². The molecule has 3 aliphatic heterocycles. The van der Waals surface area contributed by atoms with Gasteiger partial charge in [0, 0.05) is 12.0 Å². The lowest BCUT2D eigenvalue weighted by Crippen LogP contribution is -2.60. The van der Waals surface area contributed by atoms with E-state index in [1.807, 2.05) is 65.6 Å². The van der Waals surface area contributed by atoms with Crippen LogP contribution >= 0.6 is 0 Å². The van der Waals surface area contributed by atoms with Crippen molar-refractivity contribution in [2.75, 3.05) is 13.1 Å². The molecular weight excluding hydrogens is 463 g/mol. The van der Waals surface area contributed by atoms with E-state index in [4.69, 9.17) is 7.85 Å². The molecule has 2 aromatic carbocycles. The molecule has 0 saturated carbocycles. The minimum Gasteiger partial charge on any atom is -0.344 e. The Bertz CT molecular complexity index is 1060. The number of rotatable bonds is 7. The van der Waals surface area contributed by atoms with Crippen LogP contribution < -0.4 is 10.6 Å². The number of hydrogen-bond donors (Lipinski definition) is 2. The fourth-order valence-corrected chi connectivity index (χ4v) is 5.85. The molecule has 0 unspecified atom stereocenters. The van der Waals surface area contributed by atoms with Crippen LogP contribution in [0.3, 0.4) is 0 Å². The zero-order valence-corrected chi connectivity index (χ0v) is 21.2. The highest BCUT2D eigenvalue weighted by molar-refractivity contribution is 6.24. The van der Waals surface area contributed by atoms with E-state index >= 15 is 0 Å². The second-order valence-corrected chi connectivity index (χ2v) is 10.4. The van der Waals surface area contributed by atoms with Gasteiger partial charge in [0.05, 0.1) is 6.04 Å². The van der Waals surface area contributed by atoms with Gasteiger partial charge >= 0.3 is 0 Å². The molecule has 0 spiro atoms. The van der Waals surface area contributed by atoms with Gasteiger partial charge in [-0.25, -0.2) is 0 Å². The molecule has 3 saturated heterocycles. The molecule has 5 rings (SSSR count). The van der Waals surface area contributed by atoms with Crippen LogP contribution in [0.5, 0.6) is 0 Å². The smallest absolute Gasteiger partial charge is 0.246 e. The minimum atomic E-state index is -0.738. The van der Waals surface area contributed by atoms with Crippen LogP contribution in [0.25, 0.3) is 0 Å². The maximum Gasteiger partial charge on any atom is 0.246 e. The Morgan fingerprint density at radius 3 is 2.05 bits per heavy atom. The topological polar surface area (TPSA) is 81.8 Å². The average molecular weight is 498 g/mol. The molecule has 8 heteroatoms.